The lowest BCUT2D eigenvalue weighted by Crippen LogP contribution is -2.30. The monoisotopic (exact) mass is 157 g/mol. The summed E-state index contributed by atoms with van der Waals surface area (Å²) < 4.78 is 0. The van der Waals surface area contributed by atoms with Crippen molar-refractivity contribution in [1.29, 1.82) is 0 Å². The van der Waals surface area contributed by atoms with Crippen molar-refractivity contribution in [2.24, 2.45) is 17.1 Å². The highest BCUT2D eigenvalue weighted by Crippen LogP contribution is 2.32. The van der Waals surface area contributed by atoms with Crippen LogP contribution in [0.4, 0.5) is 0 Å². The molecular formula is C10H23N. The van der Waals surface area contributed by atoms with Crippen LogP contribution in [0.5, 0.6) is 0 Å². The Morgan fingerprint density at radius 2 is 1.64 bits per heavy atom. The first-order valence-electron chi connectivity index (χ1n) is 4.80. The molecule has 0 amide bonds. The molecular weight excluding hydrogens is 134 g/mol. The molecule has 0 aromatic heterocycles. The van der Waals surface area contributed by atoms with Crippen molar-refractivity contribution < 1.29 is 0 Å². The molecule has 0 saturated carbocycles. The maximum absolute atomic E-state index is 5.78. The Bertz CT molecular complexity index is 84.8. The van der Waals surface area contributed by atoms with Crippen LogP contribution in [0.15, 0.2) is 0 Å². The lowest BCUT2D eigenvalue weighted by molar-refractivity contribution is 0.217. The van der Waals surface area contributed by atoms with Crippen LogP contribution in [-0.2, 0) is 0 Å². The van der Waals surface area contributed by atoms with Gasteiger partial charge in [0.15, 0.2) is 0 Å². The predicted octanol–water partition coefficient (Wildman–Crippen LogP) is 2.80. The third kappa shape index (κ3) is 3.24. The molecule has 0 bridgehead atoms. The fourth-order valence-corrected chi connectivity index (χ4v) is 1.78. The van der Waals surface area contributed by atoms with Gasteiger partial charge in [-0.3, -0.25) is 0 Å². The van der Waals surface area contributed by atoms with Gasteiger partial charge in [-0.25, -0.2) is 0 Å². The Morgan fingerprint density at radius 3 is 1.73 bits per heavy atom. The summed E-state index contributed by atoms with van der Waals surface area (Å²) in [6.45, 7) is 9.89. The number of nitrogens with two attached hydrogens (primary N) is 1. The summed E-state index contributed by atoms with van der Waals surface area (Å²) in [7, 11) is 0. The molecule has 0 aliphatic carbocycles. The topological polar surface area (TPSA) is 26.0 Å². The Balaban J connectivity index is 4.05. The van der Waals surface area contributed by atoms with Crippen LogP contribution in [0, 0.1) is 11.3 Å². The normalized spacial score (nSPS) is 12.5. The van der Waals surface area contributed by atoms with Crippen LogP contribution in [0.2, 0.25) is 0 Å². The van der Waals surface area contributed by atoms with E-state index in [1.807, 2.05) is 0 Å². The SMILES string of the molecule is CCC(CC)(CN)CC(C)C. The standard InChI is InChI=1S/C10H23N/c1-5-10(6-2,8-11)7-9(3)4/h9H,5-8,11H2,1-4H3. The highest BCUT2D eigenvalue weighted by atomic mass is 14.6. The van der Waals surface area contributed by atoms with Gasteiger partial charge in [0.1, 0.15) is 0 Å². The zero-order valence-corrected chi connectivity index (χ0v) is 8.48. The molecule has 0 unspecified atom stereocenters. The molecule has 68 valence electrons. The van der Waals surface area contributed by atoms with E-state index in [4.69, 9.17) is 5.73 Å². The molecule has 1 nitrogen and oxygen atoms in total. The molecule has 0 saturated heterocycles. The van der Waals surface area contributed by atoms with Gasteiger partial charge < -0.3 is 5.73 Å². The highest BCUT2D eigenvalue weighted by molar-refractivity contribution is 4.78. The van der Waals surface area contributed by atoms with Crippen LogP contribution in [0.1, 0.15) is 47.0 Å². The molecule has 0 aromatic rings. The predicted molar refractivity (Wildman–Crippen MR) is 51.5 cm³/mol. The maximum atomic E-state index is 5.78. The van der Waals surface area contributed by atoms with Crippen molar-refractivity contribution in [1.82, 2.24) is 0 Å². The lowest BCUT2D eigenvalue weighted by atomic mass is 9.76. The summed E-state index contributed by atoms with van der Waals surface area (Å²) in [5, 5.41) is 0. The molecule has 0 radical (unpaired) electrons. The minimum absolute atomic E-state index is 0.425. The molecule has 0 fully saturated rings. The summed E-state index contributed by atoms with van der Waals surface area (Å²) in [5.41, 5.74) is 6.20. The fourth-order valence-electron chi connectivity index (χ4n) is 1.78. The van der Waals surface area contributed by atoms with E-state index >= 15 is 0 Å². The first-order valence-corrected chi connectivity index (χ1v) is 4.80. The minimum Gasteiger partial charge on any atom is -0.330 e. The largest absolute Gasteiger partial charge is 0.330 e. The van der Waals surface area contributed by atoms with Gasteiger partial charge in [0.25, 0.3) is 0 Å². The van der Waals surface area contributed by atoms with Gasteiger partial charge in [0.05, 0.1) is 0 Å². The third-order valence-electron chi connectivity index (χ3n) is 2.77. The highest BCUT2D eigenvalue weighted by Gasteiger charge is 2.24. The molecule has 11 heavy (non-hydrogen) atoms. The molecule has 2 N–H and O–H groups in total. The number of hydrogen-bond donors (Lipinski definition) is 1. The van der Waals surface area contributed by atoms with E-state index in [0.717, 1.165) is 12.5 Å². The summed E-state index contributed by atoms with van der Waals surface area (Å²) >= 11 is 0. The number of rotatable bonds is 5. The van der Waals surface area contributed by atoms with Crippen molar-refractivity contribution in [3.63, 3.8) is 0 Å². The summed E-state index contributed by atoms with van der Waals surface area (Å²) in [6.07, 6.45) is 3.72. The Labute approximate surface area is 71.4 Å². The molecule has 0 aliphatic rings. The van der Waals surface area contributed by atoms with Gasteiger partial charge in [0, 0.05) is 0 Å². The van der Waals surface area contributed by atoms with E-state index in [0.29, 0.717) is 5.41 Å². The van der Waals surface area contributed by atoms with Crippen molar-refractivity contribution in [2.45, 2.75) is 47.0 Å². The molecule has 0 heterocycles. The zero-order valence-electron chi connectivity index (χ0n) is 8.48. The summed E-state index contributed by atoms with van der Waals surface area (Å²) in [6, 6.07) is 0. The second-order valence-electron chi connectivity index (χ2n) is 4.01. The zero-order chi connectivity index (χ0) is 8.91. The number of hydrogen-bond acceptors (Lipinski definition) is 1. The molecule has 0 aromatic carbocycles. The average molecular weight is 157 g/mol. The van der Waals surface area contributed by atoms with Gasteiger partial charge in [-0.2, -0.15) is 0 Å². The van der Waals surface area contributed by atoms with E-state index in [-0.39, 0.29) is 0 Å². The Morgan fingerprint density at radius 1 is 1.18 bits per heavy atom. The van der Waals surface area contributed by atoms with E-state index in [2.05, 4.69) is 27.7 Å². The fraction of sp³-hybridized carbons (Fsp3) is 1.00. The second kappa shape index (κ2) is 4.76. The van der Waals surface area contributed by atoms with Crippen molar-refractivity contribution in [3.8, 4) is 0 Å². The smallest absolute Gasteiger partial charge is 0.00206 e. The third-order valence-corrected chi connectivity index (χ3v) is 2.77. The quantitative estimate of drug-likeness (QED) is 0.652. The molecule has 0 atom stereocenters. The molecule has 0 aliphatic heterocycles. The lowest BCUT2D eigenvalue weighted by Gasteiger charge is -2.31. The molecule has 0 rings (SSSR count). The minimum atomic E-state index is 0.425. The summed E-state index contributed by atoms with van der Waals surface area (Å²) in [5.74, 6) is 0.776. The van der Waals surface area contributed by atoms with Crippen LogP contribution < -0.4 is 5.73 Å². The van der Waals surface area contributed by atoms with Gasteiger partial charge in [0.2, 0.25) is 0 Å². The van der Waals surface area contributed by atoms with Crippen LogP contribution in [0.3, 0.4) is 0 Å². The van der Waals surface area contributed by atoms with Crippen LogP contribution in [-0.4, -0.2) is 6.54 Å². The van der Waals surface area contributed by atoms with E-state index < -0.39 is 0 Å². The van der Waals surface area contributed by atoms with Crippen molar-refractivity contribution >= 4 is 0 Å². The maximum Gasteiger partial charge on any atom is -0.00206 e. The van der Waals surface area contributed by atoms with Gasteiger partial charge in [-0.05, 0) is 37.1 Å². The van der Waals surface area contributed by atoms with Gasteiger partial charge in [-0.15, -0.1) is 0 Å². The van der Waals surface area contributed by atoms with E-state index in [1.165, 1.54) is 19.3 Å². The average Bonchev–Trinajstić information content (AvgIpc) is 2.00. The first-order chi connectivity index (χ1) is 5.10. The van der Waals surface area contributed by atoms with E-state index in [1.54, 1.807) is 0 Å². The Hall–Kier alpha value is -0.0400. The summed E-state index contributed by atoms with van der Waals surface area (Å²) in [4.78, 5) is 0. The molecule has 1 heteroatoms. The van der Waals surface area contributed by atoms with Crippen LogP contribution in [0.25, 0.3) is 0 Å². The van der Waals surface area contributed by atoms with Crippen molar-refractivity contribution in [3.05, 3.63) is 0 Å². The molecule has 0 spiro atoms. The van der Waals surface area contributed by atoms with Gasteiger partial charge in [-0.1, -0.05) is 27.7 Å². The first kappa shape index (κ1) is 11.0. The van der Waals surface area contributed by atoms with Crippen molar-refractivity contribution in [2.75, 3.05) is 6.54 Å². The second-order valence-corrected chi connectivity index (χ2v) is 4.01. The Kier molecular flexibility index (Phi) is 4.74. The van der Waals surface area contributed by atoms with Gasteiger partial charge >= 0.3 is 0 Å². The van der Waals surface area contributed by atoms with Crippen LogP contribution >= 0.6 is 0 Å². The van der Waals surface area contributed by atoms with E-state index in [9.17, 15) is 0 Å².